The van der Waals surface area contributed by atoms with Crippen LogP contribution in [0.2, 0.25) is 0 Å². The number of halogens is 3. The SMILES string of the molecule is O=c1c2ccccc2c2c1ccc1c3cccc(OC(F)(F)F)c3c(=O)c12. The second-order valence-corrected chi connectivity index (χ2v) is 6.34. The van der Waals surface area contributed by atoms with Crippen molar-refractivity contribution in [2.24, 2.45) is 0 Å². The highest BCUT2D eigenvalue weighted by atomic mass is 19.4. The Hall–Kier alpha value is -3.41. The van der Waals surface area contributed by atoms with Crippen LogP contribution >= 0.6 is 0 Å². The van der Waals surface area contributed by atoms with Gasteiger partial charge in [-0.2, -0.15) is 0 Å². The summed E-state index contributed by atoms with van der Waals surface area (Å²) in [6, 6.07) is 14.2. The van der Waals surface area contributed by atoms with Crippen molar-refractivity contribution >= 4 is 43.1 Å². The summed E-state index contributed by atoms with van der Waals surface area (Å²) >= 11 is 0. The Morgan fingerprint density at radius 3 is 1.93 bits per heavy atom. The van der Waals surface area contributed by atoms with Gasteiger partial charge in [0.25, 0.3) is 0 Å². The van der Waals surface area contributed by atoms with Crippen molar-refractivity contribution in [3.8, 4) is 5.75 Å². The van der Waals surface area contributed by atoms with Gasteiger partial charge in [0.2, 0.25) is 0 Å². The van der Waals surface area contributed by atoms with Gasteiger partial charge in [0.15, 0.2) is 10.9 Å². The Balaban J connectivity index is 2.04. The first-order valence-corrected chi connectivity index (χ1v) is 8.12. The van der Waals surface area contributed by atoms with Crippen LogP contribution in [-0.4, -0.2) is 6.36 Å². The van der Waals surface area contributed by atoms with Crippen LogP contribution in [0.3, 0.4) is 0 Å². The van der Waals surface area contributed by atoms with E-state index in [2.05, 4.69) is 4.74 Å². The molecule has 0 radical (unpaired) electrons. The minimum Gasteiger partial charge on any atom is -0.405 e. The van der Waals surface area contributed by atoms with Gasteiger partial charge in [0.05, 0.1) is 5.39 Å². The van der Waals surface area contributed by atoms with E-state index in [1.165, 1.54) is 6.07 Å². The summed E-state index contributed by atoms with van der Waals surface area (Å²) in [6.45, 7) is 0. The minimum absolute atomic E-state index is 0.130. The van der Waals surface area contributed by atoms with Crippen LogP contribution in [0.1, 0.15) is 0 Å². The number of benzene rings is 3. The van der Waals surface area contributed by atoms with Crippen molar-refractivity contribution in [2.75, 3.05) is 0 Å². The highest BCUT2D eigenvalue weighted by Crippen LogP contribution is 2.37. The molecule has 0 saturated carbocycles. The fraction of sp³-hybridized carbons (Fsp3) is 0.0476. The average Bonchev–Trinajstić information content (AvgIpc) is 3.08. The Bertz CT molecular complexity index is 1470. The maximum absolute atomic E-state index is 13.1. The van der Waals surface area contributed by atoms with Crippen molar-refractivity contribution in [3.63, 3.8) is 0 Å². The van der Waals surface area contributed by atoms with E-state index in [9.17, 15) is 22.8 Å². The van der Waals surface area contributed by atoms with Crippen LogP contribution in [0.15, 0.2) is 64.2 Å². The Labute approximate surface area is 148 Å². The molecule has 132 valence electrons. The maximum atomic E-state index is 13.1. The molecule has 0 aliphatic heterocycles. The average molecular weight is 366 g/mol. The van der Waals surface area contributed by atoms with Crippen molar-refractivity contribution in [3.05, 3.63) is 75.0 Å². The maximum Gasteiger partial charge on any atom is 0.573 e. The molecule has 5 rings (SSSR count). The van der Waals surface area contributed by atoms with Gasteiger partial charge in [-0.05, 0) is 28.3 Å². The smallest absolute Gasteiger partial charge is 0.405 e. The number of hydrogen-bond donors (Lipinski definition) is 0. The quantitative estimate of drug-likeness (QED) is 0.428. The first-order valence-electron chi connectivity index (χ1n) is 8.12. The summed E-state index contributed by atoms with van der Waals surface area (Å²) in [6.07, 6.45) is -4.91. The molecule has 3 nitrogen and oxygen atoms in total. The fourth-order valence-corrected chi connectivity index (χ4v) is 3.90. The number of ether oxygens (including phenoxy) is 1. The number of fused-ring (bicyclic) bond motifs is 7. The summed E-state index contributed by atoms with van der Waals surface area (Å²) in [5.41, 5.74) is -0.764. The van der Waals surface area contributed by atoms with E-state index >= 15 is 0 Å². The lowest BCUT2D eigenvalue weighted by Gasteiger charge is -2.09. The molecule has 0 N–H and O–H groups in total. The number of hydrogen-bond acceptors (Lipinski definition) is 3. The van der Waals surface area contributed by atoms with E-state index in [0.29, 0.717) is 32.3 Å². The zero-order chi connectivity index (χ0) is 18.9. The van der Waals surface area contributed by atoms with Crippen LogP contribution < -0.4 is 15.6 Å². The predicted octanol–water partition coefficient (Wildman–Crippen LogP) is 4.79. The molecule has 0 fully saturated rings. The van der Waals surface area contributed by atoms with Gasteiger partial charge in [-0.15, -0.1) is 13.2 Å². The van der Waals surface area contributed by atoms with Crippen LogP contribution in [-0.2, 0) is 0 Å². The molecule has 0 heterocycles. The molecule has 0 bridgehead atoms. The molecule has 5 aromatic carbocycles. The second-order valence-electron chi connectivity index (χ2n) is 6.34. The monoisotopic (exact) mass is 366 g/mol. The summed E-state index contributed by atoms with van der Waals surface area (Å²) in [7, 11) is 0. The molecule has 0 aliphatic rings. The summed E-state index contributed by atoms with van der Waals surface area (Å²) in [5.74, 6) is -0.535. The molecule has 0 unspecified atom stereocenters. The summed E-state index contributed by atoms with van der Waals surface area (Å²) in [5, 5.41) is 2.96. The van der Waals surface area contributed by atoms with Crippen LogP contribution in [0.4, 0.5) is 13.2 Å². The lowest BCUT2D eigenvalue weighted by molar-refractivity contribution is -0.274. The zero-order valence-electron chi connectivity index (χ0n) is 13.6. The van der Waals surface area contributed by atoms with Gasteiger partial charge in [-0.25, -0.2) is 0 Å². The van der Waals surface area contributed by atoms with Crippen LogP contribution in [0, 0.1) is 0 Å². The third-order valence-corrected chi connectivity index (χ3v) is 4.89. The number of rotatable bonds is 1. The molecule has 0 amide bonds. The molecule has 6 heteroatoms. The molecule has 0 spiro atoms. The molecule has 0 saturated heterocycles. The first kappa shape index (κ1) is 15.8. The van der Waals surface area contributed by atoms with Crippen molar-refractivity contribution in [1.29, 1.82) is 0 Å². The van der Waals surface area contributed by atoms with Gasteiger partial charge in [-0.1, -0.05) is 42.5 Å². The van der Waals surface area contributed by atoms with Crippen molar-refractivity contribution in [1.82, 2.24) is 0 Å². The first-order chi connectivity index (χ1) is 12.9. The highest BCUT2D eigenvalue weighted by molar-refractivity contribution is 6.29. The van der Waals surface area contributed by atoms with Gasteiger partial charge in [0, 0.05) is 21.5 Å². The van der Waals surface area contributed by atoms with E-state index in [0.717, 1.165) is 6.07 Å². The number of alkyl halides is 3. The Morgan fingerprint density at radius 1 is 0.593 bits per heavy atom. The van der Waals surface area contributed by atoms with Gasteiger partial charge < -0.3 is 4.74 Å². The molecule has 0 atom stereocenters. The molecule has 27 heavy (non-hydrogen) atoms. The topological polar surface area (TPSA) is 43.4 Å². The van der Waals surface area contributed by atoms with Gasteiger partial charge in [-0.3, -0.25) is 9.59 Å². The minimum atomic E-state index is -4.91. The molecular weight excluding hydrogens is 357 g/mol. The lowest BCUT2D eigenvalue weighted by atomic mass is 10.1. The predicted molar refractivity (Wildman–Crippen MR) is 98.1 cm³/mol. The Morgan fingerprint density at radius 2 is 1.19 bits per heavy atom. The van der Waals surface area contributed by atoms with E-state index in [-0.39, 0.29) is 16.2 Å². The zero-order valence-corrected chi connectivity index (χ0v) is 13.6. The van der Waals surface area contributed by atoms with E-state index in [1.54, 1.807) is 42.5 Å². The van der Waals surface area contributed by atoms with Crippen molar-refractivity contribution in [2.45, 2.75) is 6.36 Å². The molecular formula is C21H9F3O3. The molecule has 0 aromatic heterocycles. The Kier molecular flexibility index (Phi) is 2.97. The van der Waals surface area contributed by atoms with E-state index in [1.807, 2.05) is 0 Å². The largest absolute Gasteiger partial charge is 0.573 e. The van der Waals surface area contributed by atoms with Gasteiger partial charge in [0.1, 0.15) is 5.75 Å². The normalized spacial score (nSPS) is 12.6. The van der Waals surface area contributed by atoms with Crippen LogP contribution in [0.25, 0.3) is 43.1 Å². The van der Waals surface area contributed by atoms with Gasteiger partial charge >= 0.3 is 6.36 Å². The molecule has 0 aliphatic carbocycles. The third-order valence-electron chi connectivity index (χ3n) is 4.89. The fourth-order valence-electron chi connectivity index (χ4n) is 3.90. The van der Waals surface area contributed by atoms with E-state index in [4.69, 9.17) is 0 Å². The van der Waals surface area contributed by atoms with E-state index < -0.39 is 17.5 Å². The second kappa shape index (κ2) is 5.07. The summed E-state index contributed by atoms with van der Waals surface area (Å²) in [4.78, 5) is 25.7. The van der Waals surface area contributed by atoms with Crippen LogP contribution in [0.5, 0.6) is 5.75 Å². The third kappa shape index (κ3) is 2.10. The lowest BCUT2D eigenvalue weighted by Crippen LogP contribution is -2.18. The highest BCUT2D eigenvalue weighted by Gasteiger charge is 2.33. The standard InChI is InChI=1S/C21H9F3O3/c22-21(23,24)27-15-7-3-6-10-12-8-9-14-16(18(12)20(26)17(10)15)11-4-1-2-5-13(11)19(14)25/h1-9H. The van der Waals surface area contributed by atoms with Crippen molar-refractivity contribution < 1.29 is 17.9 Å². The summed E-state index contributed by atoms with van der Waals surface area (Å²) < 4.78 is 42.3. The molecule has 5 aromatic rings.